The van der Waals surface area contributed by atoms with Gasteiger partial charge < -0.3 is 14.2 Å². The van der Waals surface area contributed by atoms with Crippen molar-refractivity contribution >= 4 is 17.9 Å². The lowest BCUT2D eigenvalue weighted by Crippen LogP contribution is -2.30. The largest absolute Gasteiger partial charge is 0.462 e. The van der Waals surface area contributed by atoms with Crippen LogP contribution < -0.4 is 0 Å². The molecular weight excluding hydrogens is 901 g/mol. The van der Waals surface area contributed by atoms with E-state index in [1.165, 1.54) is 167 Å². The Bertz CT molecular complexity index is 1360. The second-order valence-electron chi connectivity index (χ2n) is 21.0. The standard InChI is InChI=1S/C67H118O6/c1-4-7-10-13-15-17-19-21-23-25-27-29-31-33-35-37-39-41-43-45-47-49-51-54-57-60-66(69)72-63-64(62-71-65(68)59-56-53-12-9-6-3)73-67(70)61-58-55-52-50-48-46-44-42-40-38-36-34-32-30-28-26-24-22-20-18-16-14-11-8-5-2/h7,10,15,17,21,23,27,29,33,35,39,41,64H,4-6,8-9,11-14,16,18-20,22,24-26,28,30-32,34,36-38,40,42-63H2,1-3H3/b10-7-,17-15-,23-21-,29-27-,35-33-,41-39-. The first-order valence-corrected chi connectivity index (χ1v) is 31.4. The number of ether oxygens (including phenoxy) is 3. The molecule has 73 heavy (non-hydrogen) atoms. The van der Waals surface area contributed by atoms with Crippen LogP contribution in [0.25, 0.3) is 0 Å². The van der Waals surface area contributed by atoms with Gasteiger partial charge in [0.15, 0.2) is 6.10 Å². The molecule has 0 rings (SSSR count). The second-order valence-corrected chi connectivity index (χ2v) is 21.0. The lowest BCUT2D eigenvalue weighted by molar-refractivity contribution is -0.167. The molecule has 1 unspecified atom stereocenters. The van der Waals surface area contributed by atoms with Gasteiger partial charge in [-0.05, 0) is 70.6 Å². The molecule has 1 atom stereocenters. The lowest BCUT2D eigenvalue weighted by atomic mass is 10.0. The second kappa shape index (κ2) is 61.4. The molecule has 6 heteroatoms. The maximum absolute atomic E-state index is 12.8. The van der Waals surface area contributed by atoms with E-state index in [2.05, 4.69) is 93.7 Å². The maximum Gasteiger partial charge on any atom is 0.306 e. The third-order valence-corrected chi connectivity index (χ3v) is 13.7. The van der Waals surface area contributed by atoms with Crippen LogP contribution in [0.15, 0.2) is 72.9 Å². The molecule has 0 aliphatic rings. The molecule has 0 radical (unpaired) electrons. The number of carbonyl (C=O) groups excluding carboxylic acids is 3. The summed E-state index contributed by atoms with van der Waals surface area (Å²) >= 11 is 0. The van der Waals surface area contributed by atoms with Gasteiger partial charge in [0.05, 0.1) is 0 Å². The van der Waals surface area contributed by atoms with Crippen molar-refractivity contribution in [3.63, 3.8) is 0 Å². The Morgan fingerprint density at radius 3 is 0.836 bits per heavy atom. The topological polar surface area (TPSA) is 78.9 Å². The first-order valence-electron chi connectivity index (χ1n) is 31.4. The van der Waals surface area contributed by atoms with E-state index in [0.717, 1.165) is 109 Å². The minimum atomic E-state index is -0.777. The van der Waals surface area contributed by atoms with Crippen molar-refractivity contribution in [3.8, 4) is 0 Å². The number of rotatable bonds is 57. The Labute approximate surface area is 453 Å². The average Bonchev–Trinajstić information content (AvgIpc) is 3.39. The molecule has 0 aromatic rings. The third kappa shape index (κ3) is 59.6. The van der Waals surface area contributed by atoms with Gasteiger partial charge in [0.2, 0.25) is 0 Å². The number of allylic oxidation sites excluding steroid dienone is 12. The lowest BCUT2D eigenvalue weighted by Gasteiger charge is -2.18. The van der Waals surface area contributed by atoms with Gasteiger partial charge in [0, 0.05) is 19.3 Å². The van der Waals surface area contributed by atoms with Crippen LogP contribution in [0.2, 0.25) is 0 Å². The predicted octanol–water partition coefficient (Wildman–Crippen LogP) is 21.3. The zero-order valence-electron chi connectivity index (χ0n) is 48.4. The van der Waals surface area contributed by atoms with Crippen LogP contribution >= 0.6 is 0 Å². The molecule has 0 fully saturated rings. The van der Waals surface area contributed by atoms with Crippen molar-refractivity contribution in [1.82, 2.24) is 0 Å². The van der Waals surface area contributed by atoms with Crippen LogP contribution in [0.3, 0.4) is 0 Å². The predicted molar refractivity (Wildman–Crippen MR) is 316 cm³/mol. The van der Waals surface area contributed by atoms with Crippen LogP contribution in [0.5, 0.6) is 0 Å². The van der Waals surface area contributed by atoms with Gasteiger partial charge in [-0.3, -0.25) is 14.4 Å². The number of hydrogen-bond acceptors (Lipinski definition) is 6. The summed E-state index contributed by atoms with van der Waals surface area (Å²) in [4.78, 5) is 37.9. The Morgan fingerprint density at radius 2 is 0.534 bits per heavy atom. The van der Waals surface area contributed by atoms with E-state index in [-0.39, 0.29) is 31.1 Å². The molecule has 0 aliphatic heterocycles. The van der Waals surface area contributed by atoms with Crippen LogP contribution in [-0.2, 0) is 28.6 Å². The van der Waals surface area contributed by atoms with Crippen LogP contribution in [0.4, 0.5) is 0 Å². The molecule has 0 aromatic heterocycles. The molecule has 0 saturated carbocycles. The highest BCUT2D eigenvalue weighted by molar-refractivity contribution is 5.71. The molecule has 0 bridgehead atoms. The Balaban J connectivity index is 4.06. The highest BCUT2D eigenvalue weighted by Gasteiger charge is 2.19. The summed E-state index contributed by atoms with van der Waals surface area (Å²) in [6.45, 7) is 6.47. The van der Waals surface area contributed by atoms with E-state index in [4.69, 9.17) is 14.2 Å². The van der Waals surface area contributed by atoms with Crippen molar-refractivity contribution in [1.29, 1.82) is 0 Å². The van der Waals surface area contributed by atoms with Gasteiger partial charge >= 0.3 is 17.9 Å². The van der Waals surface area contributed by atoms with Gasteiger partial charge in [0.25, 0.3) is 0 Å². The third-order valence-electron chi connectivity index (χ3n) is 13.7. The first kappa shape index (κ1) is 69.8. The molecule has 0 aliphatic carbocycles. The zero-order chi connectivity index (χ0) is 52.9. The molecule has 0 spiro atoms. The van der Waals surface area contributed by atoms with Gasteiger partial charge in [0.1, 0.15) is 13.2 Å². The van der Waals surface area contributed by atoms with Crippen LogP contribution in [-0.4, -0.2) is 37.2 Å². The van der Waals surface area contributed by atoms with E-state index in [9.17, 15) is 14.4 Å². The summed E-state index contributed by atoms with van der Waals surface area (Å²) in [5.41, 5.74) is 0. The fraction of sp³-hybridized carbons (Fsp3) is 0.776. The van der Waals surface area contributed by atoms with Gasteiger partial charge in [-0.15, -0.1) is 0 Å². The average molecular weight is 1020 g/mol. The van der Waals surface area contributed by atoms with E-state index in [1.54, 1.807) is 0 Å². The van der Waals surface area contributed by atoms with E-state index < -0.39 is 6.10 Å². The van der Waals surface area contributed by atoms with Crippen molar-refractivity contribution in [2.45, 2.75) is 322 Å². The number of hydrogen-bond donors (Lipinski definition) is 0. The monoisotopic (exact) mass is 1020 g/mol. The van der Waals surface area contributed by atoms with Gasteiger partial charge in [-0.1, -0.05) is 299 Å². The summed E-state index contributed by atoms with van der Waals surface area (Å²) in [6.07, 6.45) is 79.6. The Hall–Kier alpha value is -3.15. The van der Waals surface area contributed by atoms with Crippen LogP contribution in [0.1, 0.15) is 316 Å². The molecule has 0 heterocycles. The number of esters is 3. The molecule has 422 valence electrons. The van der Waals surface area contributed by atoms with Gasteiger partial charge in [-0.25, -0.2) is 0 Å². The van der Waals surface area contributed by atoms with E-state index in [0.29, 0.717) is 19.3 Å². The van der Waals surface area contributed by atoms with E-state index in [1.807, 2.05) is 0 Å². The summed E-state index contributed by atoms with van der Waals surface area (Å²) in [5.74, 6) is -0.894. The zero-order valence-corrected chi connectivity index (χ0v) is 48.4. The minimum absolute atomic E-state index is 0.0785. The summed E-state index contributed by atoms with van der Waals surface area (Å²) in [5, 5.41) is 0. The highest BCUT2D eigenvalue weighted by atomic mass is 16.6. The van der Waals surface area contributed by atoms with Crippen molar-refractivity contribution in [2.24, 2.45) is 0 Å². The summed E-state index contributed by atoms with van der Waals surface area (Å²) < 4.78 is 16.8. The Kier molecular flexibility index (Phi) is 58.7. The number of carbonyl (C=O) groups is 3. The quantitative estimate of drug-likeness (QED) is 0.0261. The SMILES string of the molecule is CC/C=C\C/C=C\C/C=C\C/C=C\C/C=C\C/C=C\CCCCCCCCC(=O)OCC(COC(=O)CCCCCCC)OC(=O)CCCCCCCCCCCCCCCCCCCCCCCCCCC. The van der Waals surface area contributed by atoms with Crippen molar-refractivity contribution in [3.05, 3.63) is 72.9 Å². The fourth-order valence-electron chi connectivity index (χ4n) is 9.04. The highest BCUT2D eigenvalue weighted by Crippen LogP contribution is 2.17. The summed E-state index contributed by atoms with van der Waals surface area (Å²) in [7, 11) is 0. The van der Waals surface area contributed by atoms with Crippen LogP contribution in [0, 0.1) is 0 Å². The molecule has 6 nitrogen and oxygen atoms in total. The van der Waals surface area contributed by atoms with Crippen molar-refractivity contribution < 1.29 is 28.6 Å². The first-order chi connectivity index (χ1) is 36.0. The molecule has 0 amide bonds. The van der Waals surface area contributed by atoms with E-state index >= 15 is 0 Å². The smallest absolute Gasteiger partial charge is 0.306 e. The summed E-state index contributed by atoms with van der Waals surface area (Å²) in [6, 6.07) is 0. The number of unbranched alkanes of at least 4 members (excludes halogenated alkanes) is 34. The molecule has 0 N–H and O–H groups in total. The molecule has 0 aromatic carbocycles. The van der Waals surface area contributed by atoms with Gasteiger partial charge in [-0.2, -0.15) is 0 Å². The minimum Gasteiger partial charge on any atom is -0.462 e. The molecule has 0 saturated heterocycles. The maximum atomic E-state index is 12.8. The molecular formula is C67H118O6. The Morgan fingerprint density at radius 1 is 0.288 bits per heavy atom. The van der Waals surface area contributed by atoms with Crippen molar-refractivity contribution in [2.75, 3.05) is 13.2 Å². The fourth-order valence-corrected chi connectivity index (χ4v) is 9.04. The normalized spacial score (nSPS) is 12.5.